The van der Waals surface area contributed by atoms with E-state index in [9.17, 15) is 13.2 Å². The second-order valence-corrected chi connectivity index (χ2v) is 6.49. The quantitative estimate of drug-likeness (QED) is 0.823. The van der Waals surface area contributed by atoms with Gasteiger partial charge in [0.15, 0.2) is 0 Å². The van der Waals surface area contributed by atoms with Crippen LogP contribution in [0.25, 0.3) is 0 Å². The molecule has 0 aliphatic carbocycles. The first-order chi connectivity index (χ1) is 9.17. The summed E-state index contributed by atoms with van der Waals surface area (Å²) in [6.07, 6.45) is -2.65. The second kappa shape index (κ2) is 5.56. The summed E-state index contributed by atoms with van der Waals surface area (Å²) < 4.78 is 43.9. The molecule has 1 aliphatic rings. The van der Waals surface area contributed by atoms with Crippen LogP contribution in [0.2, 0.25) is 0 Å². The van der Waals surface area contributed by atoms with Crippen LogP contribution in [0, 0.1) is 0 Å². The highest BCUT2D eigenvalue weighted by Crippen LogP contribution is 2.35. The number of ether oxygens (including phenoxy) is 1. The highest BCUT2D eigenvalue weighted by atomic mass is 79.9. The van der Waals surface area contributed by atoms with Gasteiger partial charge in [-0.05, 0) is 60.8 Å². The van der Waals surface area contributed by atoms with Gasteiger partial charge in [-0.1, -0.05) is 0 Å². The topological polar surface area (TPSA) is 21.3 Å². The Morgan fingerprint density at radius 2 is 2.05 bits per heavy atom. The zero-order chi connectivity index (χ0) is 15.0. The Labute approximate surface area is 124 Å². The maximum Gasteiger partial charge on any atom is 0.416 e. The fourth-order valence-electron chi connectivity index (χ4n) is 2.38. The van der Waals surface area contributed by atoms with Crippen LogP contribution in [0.3, 0.4) is 0 Å². The molecule has 0 aromatic heterocycles. The Morgan fingerprint density at radius 3 is 2.60 bits per heavy atom. The molecule has 1 atom stereocenters. The third kappa shape index (κ3) is 3.88. The molecule has 20 heavy (non-hydrogen) atoms. The van der Waals surface area contributed by atoms with Crippen LogP contribution in [0.5, 0.6) is 0 Å². The molecule has 6 heteroatoms. The highest BCUT2D eigenvalue weighted by molar-refractivity contribution is 9.10. The maximum absolute atomic E-state index is 12.6. The van der Waals surface area contributed by atoms with E-state index in [1.54, 1.807) is 0 Å². The van der Waals surface area contributed by atoms with E-state index in [2.05, 4.69) is 21.2 Å². The number of hydrogen-bond acceptors (Lipinski definition) is 2. The molecule has 112 valence electrons. The first kappa shape index (κ1) is 15.6. The van der Waals surface area contributed by atoms with Gasteiger partial charge in [-0.25, -0.2) is 0 Å². The predicted octanol–water partition coefficient (Wildman–Crippen LogP) is 4.84. The van der Waals surface area contributed by atoms with Gasteiger partial charge in [-0.2, -0.15) is 13.2 Å². The van der Waals surface area contributed by atoms with Crippen molar-refractivity contribution >= 4 is 21.6 Å². The number of benzene rings is 1. The molecule has 1 unspecified atom stereocenters. The molecule has 1 N–H and O–H groups in total. The largest absolute Gasteiger partial charge is 0.416 e. The van der Waals surface area contributed by atoms with E-state index in [1.165, 1.54) is 6.07 Å². The van der Waals surface area contributed by atoms with E-state index in [0.717, 1.165) is 25.0 Å². The average molecular weight is 352 g/mol. The standard InChI is InChI=1S/C14H17BrF3NO/c1-13(2)8-10(5-6-20-13)19-12-4-3-9(7-11(12)15)14(16,17)18/h3-4,7,10,19H,5-6,8H2,1-2H3. The normalized spacial score (nSPS) is 22.6. The fraction of sp³-hybridized carbons (Fsp3) is 0.571. The monoisotopic (exact) mass is 351 g/mol. The molecule has 1 fully saturated rings. The number of halogens is 4. The summed E-state index contributed by atoms with van der Waals surface area (Å²) in [5.41, 5.74) is -0.170. The Balaban J connectivity index is 2.10. The van der Waals surface area contributed by atoms with Gasteiger partial charge in [-0.3, -0.25) is 0 Å². The van der Waals surface area contributed by atoms with E-state index in [0.29, 0.717) is 16.8 Å². The van der Waals surface area contributed by atoms with Gasteiger partial charge in [0.1, 0.15) is 0 Å². The van der Waals surface area contributed by atoms with E-state index in [1.807, 2.05) is 13.8 Å². The zero-order valence-electron chi connectivity index (χ0n) is 11.4. The van der Waals surface area contributed by atoms with Crippen molar-refractivity contribution in [3.05, 3.63) is 28.2 Å². The first-order valence-electron chi connectivity index (χ1n) is 6.45. The SMILES string of the molecule is CC1(C)CC(Nc2ccc(C(F)(F)F)cc2Br)CCO1. The van der Waals surface area contributed by atoms with Crippen LogP contribution in [0.4, 0.5) is 18.9 Å². The average Bonchev–Trinajstić information content (AvgIpc) is 2.29. The highest BCUT2D eigenvalue weighted by Gasteiger charge is 2.32. The van der Waals surface area contributed by atoms with Crippen molar-refractivity contribution < 1.29 is 17.9 Å². The minimum atomic E-state index is -4.32. The number of nitrogens with one attached hydrogen (secondary N) is 1. The molecule has 2 rings (SSSR count). The van der Waals surface area contributed by atoms with Crippen LogP contribution in [-0.4, -0.2) is 18.2 Å². The number of anilines is 1. The van der Waals surface area contributed by atoms with Crippen molar-refractivity contribution in [3.63, 3.8) is 0 Å². The second-order valence-electron chi connectivity index (χ2n) is 5.63. The number of alkyl halides is 3. The molecule has 1 aromatic carbocycles. The van der Waals surface area contributed by atoms with Gasteiger partial charge >= 0.3 is 6.18 Å². The van der Waals surface area contributed by atoms with Gasteiger partial charge < -0.3 is 10.1 Å². The van der Waals surface area contributed by atoms with Crippen LogP contribution < -0.4 is 5.32 Å². The van der Waals surface area contributed by atoms with Crippen LogP contribution in [0.15, 0.2) is 22.7 Å². The summed E-state index contributed by atoms with van der Waals surface area (Å²) in [7, 11) is 0. The van der Waals surface area contributed by atoms with Gasteiger partial charge in [0.05, 0.1) is 11.2 Å². The lowest BCUT2D eigenvalue weighted by Gasteiger charge is -2.36. The van der Waals surface area contributed by atoms with E-state index in [4.69, 9.17) is 4.74 Å². The van der Waals surface area contributed by atoms with Crippen molar-refractivity contribution in [1.82, 2.24) is 0 Å². The molecular weight excluding hydrogens is 335 g/mol. The minimum absolute atomic E-state index is 0.200. The van der Waals surface area contributed by atoms with Crippen LogP contribution in [0.1, 0.15) is 32.3 Å². The van der Waals surface area contributed by atoms with Crippen LogP contribution in [-0.2, 0) is 10.9 Å². The fourth-order valence-corrected chi connectivity index (χ4v) is 2.88. The maximum atomic E-state index is 12.6. The van der Waals surface area contributed by atoms with Gasteiger partial charge in [0.25, 0.3) is 0 Å². The van der Waals surface area contributed by atoms with Gasteiger partial charge in [-0.15, -0.1) is 0 Å². The van der Waals surface area contributed by atoms with Crippen molar-refractivity contribution in [3.8, 4) is 0 Å². The van der Waals surface area contributed by atoms with Crippen molar-refractivity contribution in [2.45, 2.75) is 44.5 Å². The molecule has 0 spiro atoms. The Hall–Kier alpha value is -0.750. The molecule has 0 radical (unpaired) electrons. The lowest BCUT2D eigenvalue weighted by Crippen LogP contribution is -2.40. The van der Waals surface area contributed by atoms with Crippen molar-refractivity contribution in [2.75, 3.05) is 11.9 Å². The zero-order valence-corrected chi connectivity index (χ0v) is 12.9. The number of rotatable bonds is 2. The molecule has 1 aromatic rings. The van der Waals surface area contributed by atoms with Gasteiger partial charge in [0.2, 0.25) is 0 Å². The van der Waals surface area contributed by atoms with Crippen molar-refractivity contribution in [2.24, 2.45) is 0 Å². The summed E-state index contributed by atoms with van der Waals surface area (Å²) in [6, 6.07) is 3.87. The molecule has 1 aliphatic heterocycles. The third-order valence-electron chi connectivity index (χ3n) is 3.35. The summed E-state index contributed by atoms with van der Waals surface area (Å²) >= 11 is 3.20. The predicted molar refractivity (Wildman–Crippen MR) is 75.8 cm³/mol. The molecule has 1 heterocycles. The summed E-state index contributed by atoms with van der Waals surface area (Å²) in [4.78, 5) is 0. The molecule has 0 saturated carbocycles. The summed E-state index contributed by atoms with van der Waals surface area (Å²) in [5.74, 6) is 0. The lowest BCUT2D eigenvalue weighted by molar-refractivity contribution is -0.137. The third-order valence-corrected chi connectivity index (χ3v) is 4.01. The molecule has 0 bridgehead atoms. The van der Waals surface area contributed by atoms with E-state index < -0.39 is 11.7 Å². The Morgan fingerprint density at radius 1 is 1.35 bits per heavy atom. The van der Waals surface area contributed by atoms with Gasteiger partial charge in [0, 0.05) is 22.8 Å². The number of hydrogen-bond donors (Lipinski definition) is 1. The Kier molecular flexibility index (Phi) is 4.35. The Bertz CT molecular complexity index is 488. The molecule has 2 nitrogen and oxygen atoms in total. The van der Waals surface area contributed by atoms with Crippen molar-refractivity contribution in [1.29, 1.82) is 0 Å². The van der Waals surface area contributed by atoms with E-state index >= 15 is 0 Å². The molecule has 1 saturated heterocycles. The smallest absolute Gasteiger partial charge is 0.381 e. The van der Waals surface area contributed by atoms with E-state index in [-0.39, 0.29) is 11.6 Å². The minimum Gasteiger partial charge on any atom is -0.381 e. The molecular formula is C14H17BrF3NO. The summed E-state index contributed by atoms with van der Waals surface area (Å²) in [5, 5.41) is 3.29. The first-order valence-corrected chi connectivity index (χ1v) is 7.24. The lowest BCUT2D eigenvalue weighted by atomic mass is 9.94. The van der Waals surface area contributed by atoms with Crippen LogP contribution >= 0.6 is 15.9 Å². The summed E-state index contributed by atoms with van der Waals surface area (Å²) in [6.45, 7) is 4.69. The molecule has 0 amide bonds.